The predicted molar refractivity (Wildman–Crippen MR) is 81.7 cm³/mol. The SMILES string of the molecule is CN(CC(=O)Nc1ccc(O)cc1)c1ncnc2nc[nH]c12. The molecule has 2 heterocycles. The van der Waals surface area contributed by atoms with Crippen LogP contribution >= 0.6 is 0 Å². The lowest BCUT2D eigenvalue weighted by Crippen LogP contribution is -2.30. The van der Waals surface area contributed by atoms with Crippen LogP contribution in [0.15, 0.2) is 36.9 Å². The zero-order chi connectivity index (χ0) is 15.5. The lowest BCUT2D eigenvalue weighted by Gasteiger charge is -2.17. The van der Waals surface area contributed by atoms with E-state index in [1.165, 1.54) is 24.8 Å². The van der Waals surface area contributed by atoms with E-state index in [0.29, 0.717) is 22.7 Å². The van der Waals surface area contributed by atoms with Crippen LogP contribution in [0.5, 0.6) is 5.75 Å². The third-order valence-corrected chi connectivity index (χ3v) is 3.10. The van der Waals surface area contributed by atoms with Crippen molar-refractivity contribution in [1.29, 1.82) is 0 Å². The Bertz CT molecular complexity index is 798. The van der Waals surface area contributed by atoms with Crippen molar-refractivity contribution in [2.75, 3.05) is 23.8 Å². The summed E-state index contributed by atoms with van der Waals surface area (Å²) >= 11 is 0. The Labute approximate surface area is 125 Å². The van der Waals surface area contributed by atoms with Crippen molar-refractivity contribution >= 4 is 28.6 Å². The predicted octanol–water partition coefficient (Wildman–Crippen LogP) is 1.13. The van der Waals surface area contributed by atoms with Crippen molar-refractivity contribution in [2.45, 2.75) is 0 Å². The van der Waals surface area contributed by atoms with Gasteiger partial charge < -0.3 is 20.3 Å². The number of H-pyrrole nitrogens is 1. The first-order chi connectivity index (χ1) is 10.6. The summed E-state index contributed by atoms with van der Waals surface area (Å²) in [5.41, 5.74) is 1.85. The molecule has 1 amide bonds. The number of amides is 1. The Morgan fingerprint density at radius 2 is 2.05 bits per heavy atom. The van der Waals surface area contributed by atoms with Crippen molar-refractivity contribution < 1.29 is 9.90 Å². The second-order valence-corrected chi connectivity index (χ2v) is 4.75. The Kier molecular flexibility index (Phi) is 3.57. The molecule has 0 aliphatic carbocycles. The van der Waals surface area contributed by atoms with Gasteiger partial charge in [0, 0.05) is 12.7 Å². The summed E-state index contributed by atoms with van der Waals surface area (Å²) in [5.74, 6) is 0.556. The normalized spacial score (nSPS) is 10.6. The minimum atomic E-state index is -0.195. The number of anilines is 2. The van der Waals surface area contributed by atoms with Crippen LogP contribution in [-0.4, -0.2) is 44.5 Å². The van der Waals surface area contributed by atoms with Crippen molar-refractivity contribution in [3.63, 3.8) is 0 Å². The van der Waals surface area contributed by atoms with E-state index in [0.717, 1.165) is 0 Å². The molecule has 0 aliphatic heterocycles. The number of nitrogens with one attached hydrogen (secondary N) is 2. The van der Waals surface area contributed by atoms with E-state index in [4.69, 9.17) is 0 Å². The van der Waals surface area contributed by atoms with Crippen LogP contribution in [-0.2, 0) is 4.79 Å². The Morgan fingerprint density at radius 1 is 1.27 bits per heavy atom. The average Bonchev–Trinajstić information content (AvgIpc) is 2.97. The molecule has 3 rings (SSSR count). The van der Waals surface area contributed by atoms with Crippen LogP contribution in [0.2, 0.25) is 0 Å². The number of benzene rings is 1. The van der Waals surface area contributed by atoms with Crippen LogP contribution < -0.4 is 10.2 Å². The maximum absolute atomic E-state index is 12.1. The lowest BCUT2D eigenvalue weighted by molar-refractivity contribution is -0.114. The molecule has 0 spiro atoms. The second kappa shape index (κ2) is 5.68. The fourth-order valence-corrected chi connectivity index (χ4v) is 2.08. The minimum Gasteiger partial charge on any atom is -0.508 e. The van der Waals surface area contributed by atoms with E-state index >= 15 is 0 Å². The van der Waals surface area contributed by atoms with Crippen molar-refractivity contribution in [3.05, 3.63) is 36.9 Å². The smallest absolute Gasteiger partial charge is 0.243 e. The number of aromatic nitrogens is 4. The van der Waals surface area contributed by atoms with Gasteiger partial charge in [-0.3, -0.25) is 4.79 Å². The molecule has 0 saturated heterocycles. The summed E-state index contributed by atoms with van der Waals surface area (Å²) in [6.07, 6.45) is 2.94. The number of phenols is 1. The number of likely N-dealkylation sites (N-methyl/N-ethyl adjacent to an activating group) is 1. The number of imidazole rings is 1. The fourth-order valence-electron chi connectivity index (χ4n) is 2.08. The molecule has 0 fully saturated rings. The van der Waals surface area contributed by atoms with Crippen LogP contribution in [0.1, 0.15) is 0 Å². The Balaban J connectivity index is 1.71. The summed E-state index contributed by atoms with van der Waals surface area (Å²) in [5, 5.41) is 12.0. The number of fused-ring (bicyclic) bond motifs is 1. The first-order valence-corrected chi connectivity index (χ1v) is 6.57. The van der Waals surface area contributed by atoms with E-state index in [1.54, 1.807) is 24.1 Å². The van der Waals surface area contributed by atoms with Crippen LogP contribution in [0.3, 0.4) is 0 Å². The molecular formula is C14H14N6O2. The van der Waals surface area contributed by atoms with Crippen LogP contribution in [0.4, 0.5) is 11.5 Å². The van der Waals surface area contributed by atoms with Gasteiger partial charge in [-0.2, -0.15) is 0 Å². The number of phenolic OH excluding ortho intramolecular Hbond substituents is 1. The van der Waals surface area contributed by atoms with Gasteiger partial charge in [-0.1, -0.05) is 0 Å². The van der Waals surface area contributed by atoms with E-state index < -0.39 is 0 Å². The molecule has 8 heteroatoms. The molecule has 112 valence electrons. The standard InChI is InChI=1S/C14H14N6O2/c1-20(14-12-13(16-7-15-12)17-8-18-14)6-11(22)19-9-2-4-10(21)5-3-9/h2-5,7-8,21H,6H2,1H3,(H,19,22)(H,15,16,17,18). The molecule has 8 nitrogen and oxygen atoms in total. The van der Waals surface area contributed by atoms with Crippen molar-refractivity contribution in [2.24, 2.45) is 0 Å². The molecule has 1 aromatic carbocycles. The van der Waals surface area contributed by atoms with Gasteiger partial charge in [-0.05, 0) is 24.3 Å². The molecular weight excluding hydrogens is 284 g/mol. The van der Waals surface area contributed by atoms with Crippen LogP contribution in [0.25, 0.3) is 11.2 Å². The van der Waals surface area contributed by atoms with Gasteiger partial charge in [0.2, 0.25) is 5.91 Å². The summed E-state index contributed by atoms with van der Waals surface area (Å²) in [7, 11) is 1.76. The highest BCUT2D eigenvalue weighted by molar-refractivity contribution is 5.95. The lowest BCUT2D eigenvalue weighted by atomic mass is 10.3. The van der Waals surface area contributed by atoms with Gasteiger partial charge in [-0.25, -0.2) is 15.0 Å². The van der Waals surface area contributed by atoms with Crippen molar-refractivity contribution in [3.8, 4) is 5.75 Å². The van der Waals surface area contributed by atoms with Gasteiger partial charge in [0.15, 0.2) is 11.5 Å². The topological polar surface area (TPSA) is 107 Å². The fraction of sp³-hybridized carbons (Fsp3) is 0.143. The molecule has 0 saturated carbocycles. The second-order valence-electron chi connectivity index (χ2n) is 4.75. The highest BCUT2D eigenvalue weighted by Crippen LogP contribution is 2.18. The van der Waals surface area contributed by atoms with Crippen LogP contribution in [0, 0.1) is 0 Å². The largest absolute Gasteiger partial charge is 0.508 e. The molecule has 22 heavy (non-hydrogen) atoms. The number of rotatable bonds is 4. The van der Waals surface area contributed by atoms with E-state index in [9.17, 15) is 9.90 Å². The molecule has 2 aromatic heterocycles. The number of aromatic hydroxyl groups is 1. The molecule has 0 unspecified atom stereocenters. The molecule has 0 bridgehead atoms. The highest BCUT2D eigenvalue weighted by Gasteiger charge is 2.13. The third kappa shape index (κ3) is 2.80. The Morgan fingerprint density at radius 3 is 2.82 bits per heavy atom. The molecule has 3 N–H and O–H groups in total. The number of aromatic amines is 1. The average molecular weight is 298 g/mol. The monoisotopic (exact) mass is 298 g/mol. The Hall–Kier alpha value is -3.16. The maximum atomic E-state index is 12.1. The van der Waals surface area contributed by atoms with Gasteiger partial charge >= 0.3 is 0 Å². The van der Waals surface area contributed by atoms with Gasteiger partial charge in [-0.15, -0.1) is 0 Å². The zero-order valence-electron chi connectivity index (χ0n) is 11.8. The summed E-state index contributed by atoms with van der Waals surface area (Å²) < 4.78 is 0. The summed E-state index contributed by atoms with van der Waals surface area (Å²) in [6.45, 7) is 0.117. The molecule has 0 atom stereocenters. The summed E-state index contributed by atoms with van der Waals surface area (Å²) in [6, 6.07) is 6.28. The third-order valence-electron chi connectivity index (χ3n) is 3.10. The number of carbonyl (C=O) groups excluding carboxylic acids is 1. The van der Waals surface area contributed by atoms with E-state index in [2.05, 4.69) is 25.3 Å². The number of carbonyl (C=O) groups is 1. The summed E-state index contributed by atoms with van der Waals surface area (Å²) in [4.78, 5) is 29.0. The maximum Gasteiger partial charge on any atom is 0.243 e. The van der Waals surface area contributed by atoms with Gasteiger partial charge in [0.25, 0.3) is 0 Å². The minimum absolute atomic E-state index is 0.117. The van der Waals surface area contributed by atoms with Gasteiger partial charge in [0.05, 0.1) is 12.9 Å². The number of hydrogen-bond donors (Lipinski definition) is 3. The van der Waals surface area contributed by atoms with E-state index in [1.807, 2.05) is 0 Å². The first-order valence-electron chi connectivity index (χ1n) is 6.57. The molecule has 0 aliphatic rings. The first kappa shape index (κ1) is 13.8. The van der Waals surface area contributed by atoms with E-state index in [-0.39, 0.29) is 18.2 Å². The quantitative estimate of drug-likeness (QED) is 0.623. The van der Waals surface area contributed by atoms with Crippen molar-refractivity contribution in [1.82, 2.24) is 19.9 Å². The molecule has 0 radical (unpaired) electrons. The number of nitrogens with zero attached hydrogens (tertiary/aromatic N) is 4. The highest BCUT2D eigenvalue weighted by atomic mass is 16.3. The number of hydrogen-bond acceptors (Lipinski definition) is 6. The zero-order valence-corrected chi connectivity index (χ0v) is 11.8. The molecule has 3 aromatic rings. The van der Waals surface area contributed by atoms with Gasteiger partial charge in [0.1, 0.15) is 17.6 Å².